The summed E-state index contributed by atoms with van der Waals surface area (Å²) in [5.74, 6) is 0.610. The minimum atomic E-state index is -0.337. The molecule has 0 radical (unpaired) electrons. The van der Waals surface area contributed by atoms with Gasteiger partial charge in [-0.1, -0.05) is 17.7 Å². The molecule has 0 bridgehead atoms. The highest BCUT2D eigenvalue weighted by Crippen LogP contribution is 2.29. The maximum absolute atomic E-state index is 13.3. The number of halogens is 2. The molecule has 1 unspecified atom stereocenters. The molecule has 1 heterocycles. The van der Waals surface area contributed by atoms with E-state index < -0.39 is 0 Å². The highest BCUT2D eigenvalue weighted by molar-refractivity contribution is 6.30. The monoisotopic (exact) mass is 310 g/mol. The van der Waals surface area contributed by atoms with Crippen LogP contribution in [0.4, 0.5) is 4.39 Å². The third-order valence-corrected chi connectivity index (χ3v) is 5.19. The molecule has 21 heavy (non-hydrogen) atoms. The average Bonchev–Trinajstić information content (AvgIpc) is 3.32. The van der Waals surface area contributed by atoms with E-state index in [-0.39, 0.29) is 10.8 Å². The van der Waals surface area contributed by atoms with E-state index in [2.05, 4.69) is 17.1 Å². The van der Waals surface area contributed by atoms with Crippen molar-refractivity contribution in [3.8, 4) is 0 Å². The Kier molecular flexibility index (Phi) is 4.82. The zero-order valence-corrected chi connectivity index (χ0v) is 13.4. The molecule has 0 spiro atoms. The van der Waals surface area contributed by atoms with E-state index in [1.807, 2.05) is 6.07 Å². The lowest BCUT2D eigenvalue weighted by atomic mass is 10.00. The van der Waals surface area contributed by atoms with Crippen LogP contribution in [-0.2, 0) is 0 Å². The lowest BCUT2D eigenvalue weighted by Crippen LogP contribution is -2.43. The molecule has 1 aromatic rings. The highest BCUT2D eigenvalue weighted by atomic mass is 35.5. The van der Waals surface area contributed by atoms with Gasteiger partial charge in [0.15, 0.2) is 0 Å². The Morgan fingerprint density at radius 2 is 2.00 bits per heavy atom. The fourth-order valence-corrected chi connectivity index (χ4v) is 3.32. The lowest BCUT2D eigenvalue weighted by Gasteiger charge is -2.36. The van der Waals surface area contributed by atoms with Gasteiger partial charge in [0.25, 0.3) is 0 Å². The zero-order chi connectivity index (χ0) is 14.8. The van der Waals surface area contributed by atoms with Crippen LogP contribution < -0.4 is 5.32 Å². The van der Waals surface area contributed by atoms with Gasteiger partial charge in [0.1, 0.15) is 5.82 Å². The van der Waals surface area contributed by atoms with Gasteiger partial charge in [-0.15, -0.1) is 0 Å². The van der Waals surface area contributed by atoms with Crippen molar-refractivity contribution in [3.05, 3.63) is 34.6 Å². The van der Waals surface area contributed by atoms with Gasteiger partial charge in [-0.3, -0.25) is 4.90 Å². The number of nitrogens with zero attached hydrogens (tertiary/aromatic N) is 1. The molecule has 116 valence electrons. The van der Waals surface area contributed by atoms with Gasteiger partial charge in [0, 0.05) is 25.2 Å². The topological polar surface area (TPSA) is 15.3 Å². The van der Waals surface area contributed by atoms with Crippen molar-refractivity contribution in [2.45, 2.75) is 44.7 Å². The highest BCUT2D eigenvalue weighted by Gasteiger charge is 2.26. The van der Waals surface area contributed by atoms with Crippen molar-refractivity contribution in [1.29, 1.82) is 0 Å². The molecule has 4 heteroatoms. The number of nitrogens with one attached hydrogen (secondary N) is 1. The van der Waals surface area contributed by atoms with Gasteiger partial charge in [0.2, 0.25) is 0 Å². The van der Waals surface area contributed by atoms with Crippen LogP contribution in [0.15, 0.2) is 18.2 Å². The Hall–Kier alpha value is -0.640. The van der Waals surface area contributed by atoms with E-state index in [9.17, 15) is 4.39 Å². The lowest BCUT2D eigenvalue weighted by molar-refractivity contribution is 0.152. The van der Waals surface area contributed by atoms with Gasteiger partial charge < -0.3 is 5.32 Å². The third-order valence-electron chi connectivity index (χ3n) is 4.90. The summed E-state index contributed by atoms with van der Waals surface area (Å²) < 4.78 is 13.3. The quantitative estimate of drug-likeness (QED) is 0.884. The number of hydrogen-bond acceptors (Lipinski definition) is 2. The van der Waals surface area contributed by atoms with Crippen LogP contribution >= 0.6 is 11.6 Å². The molecular formula is C17H24ClFN2. The number of benzene rings is 1. The Labute approximate surface area is 131 Å². The van der Waals surface area contributed by atoms with Gasteiger partial charge in [-0.05, 0) is 62.8 Å². The normalized spacial score (nSPS) is 22.4. The summed E-state index contributed by atoms with van der Waals surface area (Å²) in [6.07, 6.45) is 5.22. The fourth-order valence-electron chi connectivity index (χ4n) is 3.13. The molecule has 3 rings (SSSR count). The Balaban J connectivity index is 1.51. The fraction of sp³-hybridized carbons (Fsp3) is 0.647. The van der Waals surface area contributed by atoms with E-state index in [1.165, 1.54) is 38.3 Å². The minimum absolute atomic E-state index is 0.223. The van der Waals surface area contributed by atoms with Crippen molar-refractivity contribution < 1.29 is 4.39 Å². The second-order valence-electron chi connectivity index (χ2n) is 6.51. The summed E-state index contributed by atoms with van der Waals surface area (Å²) in [6, 6.07) is 6.05. The van der Waals surface area contributed by atoms with Crippen LogP contribution in [-0.4, -0.2) is 30.6 Å². The smallest absolute Gasteiger partial charge is 0.141 e. The van der Waals surface area contributed by atoms with E-state index in [4.69, 9.17) is 11.6 Å². The van der Waals surface area contributed by atoms with E-state index in [1.54, 1.807) is 6.07 Å². The third kappa shape index (κ3) is 3.97. The van der Waals surface area contributed by atoms with Gasteiger partial charge >= 0.3 is 0 Å². The molecule has 2 nitrogen and oxygen atoms in total. The Morgan fingerprint density at radius 1 is 1.29 bits per heavy atom. The van der Waals surface area contributed by atoms with Gasteiger partial charge in [-0.2, -0.15) is 0 Å². The van der Waals surface area contributed by atoms with Crippen LogP contribution in [0.1, 0.15) is 44.2 Å². The van der Waals surface area contributed by atoms with Crippen molar-refractivity contribution >= 4 is 11.6 Å². The molecule has 2 aliphatic rings. The predicted molar refractivity (Wildman–Crippen MR) is 85.1 cm³/mol. The van der Waals surface area contributed by atoms with Crippen LogP contribution in [0.2, 0.25) is 5.02 Å². The molecular weight excluding hydrogens is 287 g/mol. The Bertz CT molecular complexity index is 482. The molecule has 1 aliphatic heterocycles. The second kappa shape index (κ2) is 6.64. The van der Waals surface area contributed by atoms with Crippen LogP contribution in [0.25, 0.3) is 0 Å². The van der Waals surface area contributed by atoms with E-state index >= 15 is 0 Å². The Morgan fingerprint density at radius 3 is 2.62 bits per heavy atom. The summed E-state index contributed by atoms with van der Waals surface area (Å²) >= 11 is 5.89. The predicted octanol–water partition coefficient (Wildman–Crippen LogP) is 4.00. The first-order valence-corrected chi connectivity index (χ1v) is 8.43. The summed E-state index contributed by atoms with van der Waals surface area (Å²) in [5.41, 5.74) is 1.10. The van der Waals surface area contributed by atoms with E-state index in [0.29, 0.717) is 12.1 Å². The van der Waals surface area contributed by atoms with Crippen LogP contribution in [0.3, 0.4) is 0 Å². The molecule has 1 N–H and O–H groups in total. The maximum atomic E-state index is 13.3. The summed E-state index contributed by atoms with van der Waals surface area (Å²) in [6.45, 7) is 5.58. The first-order chi connectivity index (χ1) is 10.1. The largest absolute Gasteiger partial charge is 0.314 e. The second-order valence-corrected chi connectivity index (χ2v) is 6.92. The van der Waals surface area contributed by atoms with E-state index in [0.717, 1.165) is 24.6 Å². The van der Waals surface area contributed by atoms with Crippen molar-refractivity contribution in [1.82, 2.24) is 10.2 Å². The van der Waals surface area contributed by atoms with Crippen LogP contribution in [0, 0.1) is 11.7 Å². The van der Waals surface area contributed by atoms with Crippen molar-refractivity contribution in [2.75, 3.05) is 19.6 Å². The number of likely N-dealkylation sites (tertiary alicyclic amines) is 1. The molecule has 0 aromatic heterocycles. The van der Waals surface area contributed by atoms with Crippen molar-refractivity contribution in [2.24, 2.45) is 5.92 Å². The van der Waals surface area contributed by atoms with Gasteiger partial charge in [-0.25, -0.2) is 4.39 Å². The van der Waals surface area contributed by atoms with Crippen molar-refractivity contribution in [3.63, 3.8) is 0 Å². The molecule has 1 saturated heterocycles. The standard InChI is InChI=1S/C17H24ClFN2/c1-12(14-4-5-17(19)16(18)10-14)21-8-6-15(7-9-21)20-11-13-2-3-13/h4-5,10,12-13,15,20H,2-3,6-9,11H2,1H3. The number of rotatable bonds is 5. The average molecular weight is 311 g/mol. The SMILES string of the molecule is CC(c1ccc(F)c(Cl)c1)N1CCC(NCC2CC2)CC1. The summed E-state index contributed by atoms with van der Waals surface area (Å²) in [5, 5.41) is 3.92. The summed E-state index contributed by atoms with van der Waals surface area (Å²) in [4.78, 5) is 2.47. The number of hydrogen-bond donors (Lipinski definition) is 1. The zero-order valence-electron chi connectivity index (χ0n) is 12.6. The van der Waals surface area contributed by atoms with Crippen LogP contribution in [0.5, 0.6) is 0 Å². The summed E-state index contributed by atoms with van der Waals surface area (Å²) in [7, 11) is 0. The molecule has 1 aliphatic carbocycles. The minimum Gasteiger partial charge on any atom is -0.314 e. The molecule has 1 saturated carbocycles. The number of piperidine rings is 1. The molecule has 1 atom stereocenters. The molecule has 2 fully saturated rings. The molecule has 0 amide bonds. The first-order valence-electron chi connectivity index (χ1n) is 8.06. The van der Waals surface area contributed by atoms with Gasteiger partial charge in [0.05, 0.1) is 5.02 Å². The maximum Gasteiger partial charge on any atom is 0.141 e. The molecule has 1 aromatic carbocycles. The first kappa shape index (κ1) is 15.3.